The molecule has 1 unspecified atom stereocenters. The minimum absolute atomic E-state index is 0.0247. The van der Waals surface area contributed by atoms with Crippen LogP contribution in [0, 0.1) is 5.92 Å². The number of likely N-dealkylation sites (tertiary alicyclic amines) is 1. The highest BCUT2D eigenvalue weighted by Crippen LogP contribution is 2.22. The van der Waals surface area contributed by atoms with Gasteiger partial charge in [-0.05, 0) is 37.7 Å². The number of carbonyl (C=O) groups excluding carboxylic acids is 1. The van der Waals surface area contributed by atoms with E-state index in [1.165, 1.54) is 5.56 Å². The van der Waals surface area contributed by atoms with Crippen LogP contribution >= 0.6 is 0 Å². The Bertz CT molecular complexity index is 603. The van der Waals surface area contributed by atoms with E-state index in [4.69, 9.17) is 0 Å². The summed E-state index contributed by atoms with van der Waals surface area (Å²) in [5.74, 6) is 0.674. The Morgan fingerprint density at radius 2 is 2.09 bits per heavy atom. The van der Waals surface area contributed by atoms with Crippen molar-refractivity contribution in [2.75, 3.05) is 13.1 Å². The Morgan fingerprint density at radius 3 is 2.74 bits per heavy atom. The van der Waals surface area contributed by atoms with Crippen molar-refractivity contribution in [3.8, 4) is 0 Å². The van der Waals surface area contributed by atoms with Gasteiger partial charge in [-0.3, -0.25) is 5.10 Å². The molecule has 1 fully saturated rings. The van der Waals surface area contributed by atoms with Gasteiger partial charge in [-0.15, -0.1) is 0 Å². The van der Waals surface area contributed by atoms with Gasteiger partial charge in [0.25, 0.3) is 0 Å². The normalized spacial score (nSPS) is 17.0. The van der Waals surface area contributed by atoms with Crippen molar-refractivity contribution in [1.82, 2.24) is 20.4 Å². The van der Waals surface area contributed by atoms with Gasteiger partial charge >= 0.3 is 6.03 Å². The van der Waals surface area contributed by atoms with E-state index in [9.17, 15) is 4.79 Å². The molecule has 2 aromatic rings. The van der Waals surface area contributed by atoms with Crippen LogP contribution in [-0.2, 0) is 6.42 Å². The highest BCUT2D eigenvalue weighted by Gasteiger charge is 2.24. The minimum Gasteiger partial charge on any atom is -0.331 e. The number of nitrogens with one attached hydrogen (secondary N) is 2. The van der Waals surface area contributed by atoms with Crippen LogP contribution in [0.1, 0.15) is 36.9 Å². The molecule has 0 radical (unpaired) electrons. The Labute approximate surface area is 137 Å². The summed E-state index contributed by atoms with van der Waals surface area (Å²) in [6.07, 6.45) is 6.82. The van der Waals surface area contributed by atoms with Gasteiger partial charge in [0.05, 0.1) is 12.2 Å². The van der Waals surface area contributed by atoms with Crippen molar-refractivity contribution in [2.24, 2.45) is 5.92 Å². The summed E-state index contributed by atoms with van der Waals surface area (Å²) in [7, 11) is 0. The van der Waals surface area contributed by atoms with Crippen LogP contribution in [0.15, 0.2) is 42.7 Å². The summed E-state index contributed by atoms with van der Waals surface area (Å²) >= 11 is 0. The van der Waals surface area contributed by atoms with E-state index in [1.807, 2.05) is 18.0 Å². The third-order valence-corrected chi connectivity index (χ3v) is 4.63. The second-order valence-electron chi connectivity index (χ2n) is 6.32. The molecule has 5 heteroatoms. The zero-order valence-corrected chi connectivity index (χ0v) is 13.5. The van der Waals surface area contributed by atoms with Gasteiger partial charge in [0.2, 0.25) is 0 Å². The molecule has 0 aliphatic carbocycles. The highest BCUT2D eigenvalue weighted by atomic mass is 16.2. The molecule has 2 amide bonds. The van der Waals surface area contributed by atoms with Crippen LogP contribution in [0.2, 0.25) is 0 Å². The first-order chi connectivity index (χ1) is 11.2. The van der Waals surface area contributed by atoms with E-state index in [-0.39, 0.29) is 12.1 Å². The molecule has 5 nitrogen and oxygen atoms in total. The van der Waals surface area contributed by atoms with E-state index in [0.29, 0.717) is 5.92 Å². The van der Waals surface area contributed by atoms with Crippen LogP contribution in [0.3, 0.4) is 0 Å². The molecule has 1 aliphatic rings. The summed E-state index contributed by atoms with van der Waals surface area (Å²) in [6, 6.07) is 10.6. The maximum Gasteiger partial charge on any atom is 0.317 e. The van der Waals surface area contributed by atoms with E-state index >= 15 is 0 Å². The molecular formula is C18H24N4O. The zero-order valence-electron chi connectivity index (χ0n) is 13.5. The summed E-state index contributed by atoms with van der Waals surface area (Å²) in [6.45, 7) is 3.65. The first kappa shape index (κ1) is 15.6. The van der Waals surface area contributed by atoms with E-state index < -0.39 is 0 Å². The van der Waals surface area contributed by atoms with Crippen LogP contribution in [0.4, 0.5) is 4.79 Å². The smallest absolute Gasteiger partial charge is 0.317 e. The van der Waals surface area contributed by atoms with Gasteiger partial charge in [0.1, 0.15) is 0 Å². The SMILES string of the molecule is CC(NC(=O)N1CCC(Cc2ccccc2)CC1)c1cn[nH]c1. The van der Waals surface area contributed by atoms with Crippen molar-refractivity contribution in [1.29, 1.82) is 0 Å². The number of urea groups is 1. The maximum absolute atomic E-state index is 12.4. The van der Waals surface area contributed by atoms with Crippen LogP contribution in [-0.4, -0.2) is 34.2 Å². The average molecular weight is 312 g/mol. The molecule has 0 spiro atoms. The first-order valence-corrected chi connectivity index (χ1v) is 8.30. The Kier molecular flexibility index (Phi) is 4.95. The molecule has 1 saturated heterocycles. The molecule has 1 atom stereocenters. The lowest BCUT2D eigenvalue weighted by atomic mass is 9.90. The molecule has 1 aliphatic heterocycles. The molecule has 1 aromatic carbocycles. The number of nitrogens with zero attached hydrogens (tertiary/aromatic N) is 2. The number of hydrogen-bond donors (Lipinski definition) is 2. The van der Waals surface area contributed by atoms with Gasteiger partial charge < -0.3 is 10.2 Å². The zero-order chi connectivity index (χ0) is 16.1. The minimum atomic E-state index is -0.0247. The highest BCUT2D eigenvalue weighted by molar-refractivity contribution is 5.74. The average Bonchev–Trinajstić information content (AvgIpc) is 3.11. The number of H-pyrrole nitrogens is 1. The molecule has 0 saturated carbocycles. The van der Waals surface area contributed by atoms with Crippen molar-refractivity contribution in [2.45, 2.75) is 32.2 Å². The van der Waals surface area contributed by atoms with E-state index in [0.717, 1.165) is 37.9 Å². The molecular weight excluding hydrogens is 288 g/mol. The number of benzene rings is 1. The number of carbonyl (C=O) groups is 1. The van der Waals surface area contributed by atoms with Crippen molar-refractivity contribution in [3.05, 3.63) is 53.9 Å². The summed E-state index contributed by atoms with van der Waals surface area (Å²) in [4.78, 5) is 14.3. The topological polar surface area (TPSA) is 61.0 Å². The second-order valence-corrected chi connectivity index (χ2v) is 6.32. The lowest BCUT2D eigenvalue weighted by Crippen LogP contribution is -2.45. The van der Waals surface area contributed by atoms with Crippen molar-refractivity contribution < 1.29 is 4.79 Å². The monoisotopic (exact) mass is 312 g/mol. The summed E-state index contributed by atoms with van der Waals surface area (Å²) < 4.78 is 0. The molecule has 0 bridgehead atoms. The third kappa shape index (κ3) is 4.12. The third-order valence-electron chi connectivity index (χ3n) is 4.63. The largest absolute Gasteiger partial charge is 0.331 e. The van der Waals surface area contributed by atoms with E-state index in [1.54, 1.807) is 6.20 Å². The summed E-state index contributed by atoms with van der Waals surface area (Å²) in [5.41, 5.74) is 2.39. The predicted molar refractivity (Wildman–Crippen MR) is 90.0 cm³/mol. The molecule has 3 rings (SSSR count). The van der Waals surface area contributed by atoms with Crippen LogP contribution in [0.5, 0.6) is 0 Å². The quantitative estimate of drug-likeness (QED) is 0.911. The van der Waals surface area contributed by atoms with Crippen LogP contribution in [0.25, 0.3) is 0 Å². The van der Waals surface area contributed by atoms with E-state index in [2.05, 4.69) is 45.8 Å². The molecule has 122 valence electrons. The maximum atomic E-state index is 12.4. The summed E-state index contributed by atoms with van der Waals surface area (Å²) in [5, 5.41) is 9.74. The van der Waals surface area contributed by atoms with Crippen molar-refractivity contribution >= 4 is 6.03 Å². The number of amides is 2. The Hall–Kier alpha value is -2.30. The Balaban J connectivity index is 1.46. The number of piperidine rings is 1. The number of hydrogen-bond acceptors (Lipinski definition) is 2. The predicted octanol–water partition coefficient (Wildman–Crippen LogP) is 3.14. The van der Waals surface area contributed by atoms with Gasteiger partial charge in [0.15, 0.2) is 0 Å². The number of aromatic amines is 1. The fourth-order valence-corrected chi connectivity index (χ4v) is 3.15. The first-order valence-electron chi connectivity index (χ1n) is 8.30. The fourth-order valence-electron chi connectivity index (χ4n) is 3.15. The molecule has 2 N–H and O–H groups in total. The number of aromatic nitrogens is 2. The number of rotatable bonds is 4. The molecule has 1 aromatic heterocycles. The van der Waals surface area contributed by atoms with Gasteiger partial charge in [-0.1, -0.05) is 30.3 Å². The fraction of sp³-hybridized carbons (Fsp3) is 0.444. The molecule has 23 heavy (non-hydrogen) atoms. The van der Waals surface area contributed by atoms with Crippen molar-refractivity contribution in [3.63, 3.8) is 0 Å². The second kappa shape index (κ2) is 7.31. The lowest BCUT2D eigenvalue weighted by Gasteiger charge is -2.32. The lowest BCUT2D eigenvalue weighted by molar-refractivity contribution is 0.167. The standard InChI is InChI=1S/C18H24N4O/c1-14(17-12-19-20-13-17)21-18(23)22-9-7-16(8-10-22)11-15-5-3-2-4-6-15/h2-6,12-14,16H,7-11H2,1H3,(H,19,20)(H,21,23). The molecule has 2 heterocycles. The van der Waals surface area contributed by atoms with Gasteiger partial charge in [-0.2, -0.15) is 5.10 Å². The van der Waals surface area contributed by atoms with Crippen LogP contribution < -0.4 is 5.32 Å². The van der Waals surface area contributed by atoms with Gasteiger partial charge in [-0.25, -0.2) is 4.79 Å². The Morgan fingerprint density at radius 1 is 1.35 bits per heavy atom. The van der Waals surface area contributed by atoms with Gasteiger partial charge in [0, 0.05) is 24.8 Å².